The van der Waals surface area contributed by atoms with Crippen LogP contribution in [0.5, 0.6) is 0 Å². The van der Waals surface area contributed by atoms with E-state index in [4.69, 9.17) is 5.11 Å². The molecule has 0 aromatic heterocycles. The number of likely N-dealkylation sites (N-methyl/N-ethyl adjacent to an activating group) is 1. The zero-order chi connectivity index (χ0) is 10.7. The van der Waals surface area contributed by atoms with E-state index in [1.807, 2.05) is 14.0 Å². The molecule has 0 bridgehead atoms. The van der Waals surface area contributed by atoms with Crippen LogP contribution in [0.2, 0.25) is 0 Å². The van der Waals surface area contributed by atoms with Crippen molar-refractivity contribution in [2.75, 3.05) is 20.1 Å². The van der Waals surface area contributed by atoms with Crippen LogP contribution in [-0.2, 0) is 4.79 Å². The van der Waals surface area contributed by atoms with Crippen molar-refractivity contribution in [2.24, 2.45) is 11.8 Å². The normalized spacial score (nSPS) is 26.7. The van der Waals surface area contributed by atoms with Gasteiger partial charge in [-0.15, -0.1) is 0 Å². The van der Waals surface area contributed by atoms with Gasteiger partial charge >= 0.3 is 5.97 Å². The summed E-state index contributed by atoms with van der Waals surface area (Å²) in [5, 5.41) is 8.54. The lowest BCUT2D eigenvalue weighted by atomic mass is 10.2. The minimum Gasteiger partial charge on any atom is -0.478 e. The standard InChI is InChI=1S/C11H19NO2/c1-8(4-11(13)14)6-12(3)7-10-5-9(10)2/h4,9-10H,5-7H2,1-3H3,(H,13,14). The van der Waals surface area contributed by atoms with Crippen molar-refractivity contribution in [1.29, 1.82) is 0 Å². The van der Waals surface area contributed by atoms with Gasteiger partial charge in [0.25, 0.3) is 0 Å². The van der Waals surface area contributed by atoms with Crippen LogP contribution < -0.4 is 0 Å². The van der Waals surface area contributed by atoms with Crippen LogP contribution in [0.15, 0.2) is 11.6 Å². The van der Waals surface area contributed by atoms with Gasteiger partial charge in [-0.25, -0.2) is 4.79 Å². The Kier molecular flexibility index (Phi) is 3.69. The predicted molar refractivity (Wildman–Crippen MR) is 56.2 cm³/mol. The molecule has 0 heterocycles. The molecule has 0 aromatic rings. The molecule has 1 saturated carbocycles. The SMILES string of the molecule is CC(=CC(=O)O)CN(C)CC1CC1C. The molecule has 1 fully saturated rings. The molecule has 3 nitrogen and oxygen atoms in total. The number of carboxylic acid groups (broad SMARTS) is 1. The van der Waals surface area contributed by atoms with Crippen LogP contribution in [0.1, 0.15) is 20.3 Å². The predicted octanol–water partition coefficient (Wildman–Crippen LogP) is 1.61. The molecule has 1 aliphatic rings. The number of carboxylic acids is 1. The molecule has 0 spiro atoms. The summed E-state index contributed by atoms with van der Waals surface area (Å²) in [7, 11) is 2.05. The lowest BCUT2D eigenvalue weighted by Crippen LogP contribution is -2.23. The number of hydrogen-bond acceptors (Lipinski definition) is 2. The first-order valence-corrected chi connectivity index (χ1v) is 5.07. The molecule has 1 N–H and O–H groups in total. The van der Waals surface area contributed by atoms with Crippen molar-refractivity contribution in [3.05, 3.63) is 11.6 Å². The van der Waals surface area contributed by atoms with Gasteiger partial charge in [-0.05, 0) is 32.2 Å². The smallest absolute Gasteiger partial charge is 0.328 e. The Hall–Kier alpha value is -0.830. The highest BCUT2D eigenvalue weighted by molar-refractivity contribution is 5.80. The van der Waals surface area contributed by atoms with Crippen molar-refractivity contribution < 1.29 is 9.90 Å². The maximum Gasteiger partial charge on any atom is 0.328 e. The van der Waals surface area contributed by atoms with Crippen molar-refractivity contribution in [1.82, 2.24) is 4.90 Å². The number of nitrogens with zero attached hydrogens (tertiary/aromatic N) is 1. The molecule has 3 heteroatoms. The summed E-state index contributed by atoms with van der Waals surface area (Å²) in [5.41, 5.74) is 0.910. The van der Waals surface area contributed by atoms with Crippen molar-refractivity contribution in [3.8, 4) is 0 Å². The fourth-order valence-electron chi connectivity index (χ4n) is 1.80. The molecule has 0 radical (unpaired) electrons. The molecule has 80 valence electrons. The van der Waals surface area contributed by atoms with Gasteiger partial charge < -0.3 is 10.0 Å². The third-order valence-electron chi connectivity index (χ3n) is 2.71. The van der Waals surface area contributed by atoms with Gasteiger partial charge in [0.1, 0.15) is 0 Å². The summed E-state index contributed by atoms with van der Waals surface area (Å²) in [5.74, 6) is 0.842. The van der Waals surface area contributed by atoms with Crippen LogP contribution in [0.4, 0.5) is 0 Å². The van der Waals surface area contributed by atoms with E-state index in [-0.39, 0.29) is 0 Å². The van der Waals surface area contributed by atoms with E-state index < -0.39 is 5.97 Å². The fraction of sp³-hybridized carbons (Fsp3) is 0.727. The first-order valence-electron chi connectivity index (χ1n) is 5.07. The van der Waals surface area contributed by atoms with Gasteiger partial charge in [0.2, 0.25) is 0 Å². The summed E-state index contributed by atoms with van der Waals surface area (Å²) >= 11 is 0. The first-order chi connectivity index (χ1) is 6.49. The summed E-state index contributed by atoms with van der Waals surface area (Å²) in [6.07, 6.45) is 2.61. The Labute approximate surface area is 85.4 Å². The molecular weight excluding hydrogens is 178 g/mol. The second kappa shape index (κ2) is 4.60. The van der Waals surface area contributed by atoms with Gasteiger partial charge in [0.15, 0.2) is 0 Å². The van der Waals surface area contributed by atoms with Gasteiger partial charge in [0, 0.05) is 19.2 Å². The number of aliphatic carboxylic acids is 1. The third-order valence-corrected chi connectivity index (χ3v) is 2.71. The zero-order valence-electron chi connectivity index (χ0n) is 9.16. The molecule has 0 aromatic carbocycles. The molecule has 2 unspecified atom stereocenters. The number of hydrogen-bond donors (Lipinski definition) is 1. The molecular formula is C11H19NO2. The van der Waals surface area contributed by atoms with Crippen LogP contribution in [0.25, 0.3) is 0 Å². The van der Waals surface area contributed by atoms with E-state index in [2.05, 4.69) is 11.8 Å². The number of rotatable bonds is 5. The Balaban J connectivity index is 2.25. The third kappa shape index (κ3) is 3.92. The minimum atomic E-state index is -0.851. The Morgan fingerprint density at radius 3 is 2.64 bits per heavy atom. The topological polar surface area (TPSA) is 40.5 Å². The van der Waals surface area contributed by atoms with E-state index >= 15 is 0 Å². The Bertz CT molecular complexity index is 248. The summed E-state index contributed by atoms with van der Waals surface area (Å²) in [6, 6.07) is 0. The van der Waals surface area contributed by atoms with E-state index in [0.29, 0.717) is 0 Å². The molecule has 0 amide bonds. The van der Waals surface area contributed by atoms with Gasteiger partial charge in [0.05, 0.1) is 0 Å². The fourth-order valence-corrected chi connectivity index (χ4v) is 1.80. The monoisotopic (exact) mass is 197 g/mol. The quantitative estimate of drug-likeness (QED) is 0.681. The minimum absolute atomic E-state index is 0.759. The van der Waals surface area contributed by atoms with Crippen molar-refractivity contribution in [3.63, 3.8) is 0 Å². The second-order valence-electron chi connectivity index (χ2n) is 4.50. The van der Waals surface area contributed by atoms with E-state index in [1.165, 1.54) is 12.5 Å². The van der Waals surface area contributed by atoms with Crippen LogP contribution in [-0.4, -0.2) is 36.1 Å². The lowest BCUT2D eigenvalue weighted by Gasteiger charge is -2.16. The zero-order valence-corrected chi connectivity index (χ0v) is 9.16. The highest BCUT2D eigenvalue weighted by Crippen LogP contribution is 2.37. The molecule has 0 saturated heterocycles. The summed E-state index contributed by atoms with van der Waals surface area (Å²) < 4.78 is 0. The molecule has 14 heavy (non-hydrogen) atoms. The molecule has 2 atom stereocenters. The highest BCUT2D eigenvalue weighted by atomic mass is 16.4. The van der Waals surface area contributed by atoms with E-state index in [9.17, 15) is 4.79 Å². The average molecular weight is 197 g/mol. The van der Waals surface area contributed by atoms with Crippen LogP contribution in [0, 0.1) is 11.8 Å². The lowest BCUT2D eigenvalue weighted by molar-refractivity contribution is -0.131. The van der Waals surface area contributed by atoms with Crippen LogP contribution in [0.3, 0.4) is 0 Å². The second-order valence-corrected chi connectivity index (χ2v) is 4.50. The van der Waals surface area contributed by atoms with E-state index in [0.717, 1.165) is 30.5 Å². The molecule has 0 aliphatic heterocycles. The van der Waals surface area contributed by atoms with Crippen molar-refractivity contribution in [2.45, 2.75) is 20.3 Å². The average Bonchev–Trinajstić information content (AvgIpc) is 2.62. The van der Waals surface area contributed by atoms with Crippen molar-refractivity contribution >= 4 is 5.97 Å². The van der Waals surface area contributed by atoms with E-state index in [1.54, 1.807) is 0 Å². The summed E-state index contributed by atoms with van der Waals surface area (Å²) in [4.78, 5) is 12.6. The maximum absolute atomic E-state index is 10.4. The maximum atomic E-state index is 10.4. The van der Waals surface area contributed by atoms with Gasteiger partial charge in [-0.2, -0.15) is 0 Å². The van der Waals surface area contributed by atoms with Gasteiger partial charge in [-0.3, -0.25) is 0 Å². The first kappa shape index (κ1) is 11.2. The Morgan fingerprint density at radius 1 is 1.64 bits per heavy atom. The van der Waals surface area contributed by atoms with Gasteiger partial charge in [-0.1, -0.05) is 12.5 Å². The largest absolute Gasteiger partial charge is 0.478 e. The molecule has 1 rings (SSSR count). The highest BCUT2D eigenvalue weighted by Gasteiger charge is 2.32. The van der Waals surface area contributed by atoms with Crippen LogP contribution >= 0.6 is 0 Å². The Morgan fingerprint density at radius 2 is 2.21 bits per heavy atom. The molecule has 1 aliphatic carbocycles. The summed E-state index contributed by atoms with van der Waals surface area (Å²) in [6.45, 7) is 5.97. The number of carbonyl (C=O) groups is 1.